The van der Waals surface area contributed by atoms with Crippen molar-refractivity contribution in [3.63, 3.8) is 0 Å². The number of ether oxygens (including phenoxy) is 1. The Balaban J connectivity index is 1.84. The first-order chi connectivity index (χ1) is 11.8. The van der Waals surface area contributed by atoms with Crippen molar-refractivity contribution in [2.24, 2.45) is 0 Å². The summed E-state index contributed by atoms with van der Waals surface area (Å²) in [6.07, 6.45) is -0.868. The van der Waals surface area contributed by atoms with Gasteiger partial charge in [-0.25, -0.2) is 0 Å². The van der Waals surface area contributed by atoms with Crippen molar-refractivity contribution >= 4 is 35.0 Å². The number of hydrazine groups is 1. The van der Waals surface area contributed by atoms with Crippen molar-refractivity contribution in [2.75, 3.05) is 0 Å². The van der Waals surface area contributed by atoms with Gasteiger partial charge in [0.15, 0.2) is 6.10 Å². The van der Waals surface area contributed by atoms with Gasteiger partial charge in [-0.15, -0.1) is 0 Å². The predicted molar refractivity (Wildman–Crippen MR) is 94.5 cm³/mol. The number of benzene rings is 1. The molecule has 1 heterocycles. The van der Waals surface area contributed by atoms with Crippen molar-refractivity contribution in [1.29, 1.82) is 0 Å². The fourth-order valence-corrected chi connectivity index (χ4v) is 2.51. The molecule has 25 heavy (non-hydrogen) atoms. The Morgan fingerprint density at radius 2 is 1.96 bits per heavy atom. The molecule has 0 saturated heterocycles. The van der Waals surface area contributed by atoms with Crippen LogP contribution in [0, 0.1) is 13.8 Å². The molecule has 0 fully saturated rings. The summed E-state index contributed by atoms with van der Waals surface area (Å²) in [6.45, 7) is 5.22. The van der Waals surface area contributed by atoms with E-state index in [1.807, 2.05) is 19.9 Å². The maximum atomic E-state index is 12.0. The van der Waals surface area contributed by atoms with Crippen LogP contribution < -0.4 is 15.6 Å². The van der Waals surface area contributed by atoms with Gasteiger partial charge in [0.2, 0.25) is 0 Å². The first-order valence-corrected chi connectivity index (χ1v) is 8.23. The summed E-state index contributed by atoms with van der Waals surface area (Å²) in [5.41, 5.74) is 6.30. The van der Waals surface area contributed by atoms with Gasteiger partial charge in [-0.3, -0.25) is 25.1 Å². The van der Waals surface area contributed by atoms with Crippen LogP contribution in [0.2, 0.25) is 10.0 Å². The smallest absolute Gasteiger partial charge is 0.279 e. The van der Waals surface area contributed by atoms with Crippen LogP contribution in [0.15, 0.2) is 24.3 Å². The highest BCUT2D eigenvalue weighted by Gasteiger charge is 2.17. The lowest BCUT2D eigenvalue weighted by Gasteiger charge is -2.16. The van der Waals surface area contributed by atoms with E-state index in [1.54, 1.807) is 16.8 Å². The van der Waals surface area contributed by atoms with E-state index in [0.717, 1.165) is 11.4 Å². The van der Waals surface area contributed by atoms with Gasteiger partial charge in [0.25, 0.3) is 11.8 Å². The highest BCUT2D eigenvalue weighted by atomic mass is 35.5. The summed E-state index contributed by atoms with van der Waals surface area (Å²) in [5.74, 6) is -0.605. The highest BCUT2D eigenvalue weighted by Crippen LogP contribution is 2.28. The van der Waals surface area contributed by atoms with Crippen LogP contribution in [0.1, 0.15) is 18.3 Å². The molecule has 0 aliphatic heterocycles. The number of nitrogens with one attached hydrogen (secondary N) is 2. The molecule has 2 amide bonds. The van der Waals surface area contributed by atoms with E-state index < -0.39 is 17.9 Å². The third kappa shape index (κ3) is 5.37. The number of nitrogens with zero attached hydrogens (tertiary/aromatic N) is 2. The Kier molecular flexibility index (Phi) is 6.27. The molecular formula is C16H18Cl2N4O3. The molecule has 1 atom stereocenters. The van der Waals surface area contributed by atoms with E-state index in [4.69, 9.17) is 27.9 Å². The average molecular weight is 385 g/mol. The van der Waals surface area contributed by atoms with E-state index in [0.29, 0.717) is 15.8 Å². The number of amides is 2. The lowest BCUT2D eigenvalue weighted by molar-refractivity contribution is -0.133. The topological polar surface area (TPSA) is 85.2 Å². The lowest BCUT2D eigenvalue weighted by Crippen LogP contribution is -2.48. The second kappa shape index (κ2) is 8.22. The molecule has 1 aromatic heterocycles. The van der Waals surface area contributed by atoms with Gasteiger partial charge in [-0.1, -0.05) is 23.2 Å². The van der Waals surface area contributed by atoms with E-state index >= 15 is 0 Å². The first-order valence-electron chi connectivity index (χ1n) is 7.47. The Bertz CT molecular complexity index is 792. The summed E-state index contributed by atoms with van der Waals surface area (Å²) in [6, 6.07) is 6.54. The number of rotatable bonds is 5. The van der Waals surface area contributed by atoms with Crippen molar-refractivity contribution in [3.05, 3.63) is 45.7 Å². The van der Waals surface area contributed by atoms with Crippen molar-refractivity contribution in [2.45, 2.75) is 33.4 Å². The molecule has 2 aromatic rings. The largest absolute Gasteiger partial charge is 0.479 e. The van der Waals surface area contributed by atoms with Gasteiger partial charge in [-0.05, 0) is 45.0 Å². The molecule has 7 nitrogen and oxygen atoms in total. The molecule has 134 valence electrons. The van der Waals surface area contributed by atoms with Crippen molar-refractivity contribution in [3.8, 4) is 5.75 Å². The molecular weight excluding hydrogens is 367 g/mol. The molecule has 0 saturated carbocycles. The fraction of sp³-hybridized carbons (Fsp3) is 0.312. The van der Waals surface area contributed by atoms with Gasteiger partial charge in [0.05, 0.1) is 10.7 Å². The summed E-state index contributed by atoms with van der Waals surface area (Å²) >= 11 is 11.8. The van der Waals surface area contributed by atoms with Crippen LogP contribution in [0.3, 0.4) is 0 Å². The fourth-order valence-electron chi connectivity index (χ4n) is 2.06. The van der Waals surface area contributed by atoms with Crippen LogP contribution in [-0.4, -0.2) is 27.7 Å². The molecule has 0 aliphatic rings. The average Bonchev–Trinajstić information content (AvgIpc) is 2.85. The van der Waals surface area contributed by atoms with E-state index in [1.165, 1.54) is 13.0 Å². The number of hydrogen-bond donors (Lipinski definition) is 2. The second-order valence-corrected chi connectivity index (χ2v) is 6.30. The third-order valence-electron chi connectivity index (χ3n) is 3.29. The summed E-state index contributed by atoms with van der Waals surface area (Å²) in [7, 11) is 0. The van der Waals surface area contributed by atoms with Gasteiger partial charge < -0.3 is 4.74 Å². The van der Waals surface area contributed by atoms with Gasteiger partial charge in [-0.2, -0.15) is 5.10 Å². The molecule has 0 aliphatic carbocycles. The summed E-state index contributed by atoms with van der Waals surface area (Å²) in [4.78, 5) is 23.9. The normalized spacial score (nSPS) is 11.7. The number of carbonyl (C=O) groups is 2. The standard InChI is InChI=1S/C16H18Cl2N4O3/c1-9-6-10(2)22(21-9)8-15(23)19-20-16(24)11(3)25-14-5-4-12(17)7-13(14)18/h4-7,11H,8H2,1-3H3,(H,19,23)(H,20,24). The minimum atomic E-state index is -0.868. The Morgan fingerprint density at radius 3 is 2.56 bits per heavy atom. The SMILES string of the molecule is Cc1cc(C)n(CC(=O)NNC(=O)C(C)Oc2ccc(Cl)cc2Cl)n1. The van der Waals surface area contributed by atoms with Gasteiger partial charge in [0, 0.05) is 10.7 Å². The zero-order chi connectivity index (χ0) is 18.6. The van der Waals surface area contributed by atoms with Crippen molar-refractivity contribution < 1.29 is 14.3 Å². The van der Waals surface area contributed by atoms with Crippen LogP contribution >= 0.6 is 23.2 Å². The number of hydrogen-bond acceptors (Lipinski definition) is 4. The quantitative estimate of drug-likeness (QED) is 0.775. The molecule has 0 radical (unpaired) electrons. The summed E-state index contributed by atoms with van der Waals surface area (Å²) < 4.78 is 7.01. The molecule has 1 aromatic carbocycles. The number of carbonyl (C=O) groups excluding carboxylic acids is 2. The Morgan fingerprint density at radius 1 is 1.24 bits per heavy atom. The summed E-state index contributed by atoms with van der Waals surface area (Å²) in [5, 5.41) is 4.93. The Hall–Kier alpha value is -2.25. The molecule has 2 N–H and O–H groups in total. The molecule has 9 heteroatoms. The number of aromatic nitrogens is 2. The minimum absolute atomic E-state index is 0.00178. The van der Waals surface area contributed by atoms with Gasteiger partial charge >= 0.3 is 0 Å². The highest BCUT2D eigenvalue weighted by molar-refractivity contribution is 6.35. The molecule has 0 spiro atoms. The Labute approximate surface area is 155 Å². The van der Waals surface area contributed by atoms with E-state index in [9.17, 15) is 9.59 Å². The monoisotopic (exact) mass is 384 g/mol. The zero-order valence-corrected chi connectivity index (χ0v) is 15.5. The van der Waals surface area contributed by atoms with Crippen LogP contribution in [0.4, 0.5) is 0 Å². The second-order valence-electron chi connectivity index (χ2n) is 5.46. The van der Waals surface area contributed by atoms with Crippen LogP contribution in [0.25, 0.3) is 0 Å². The number of aryl methyl sites for hydroxylation is 2. The first kappa shape index (κ1) is 19.1. The number of halogens is 2. The minimum Gasteiger partial charge on any atom is -0.479 e. The lowest BCUT2D eigenvalue weighted by atomic mass is 10.3. The molecule has 2 rings (SSSR count). The van der Waals surface area contributed by atoms with Crippen molar-refractivity contribution in [1.82, 2.24) is 20.6 Å². The van der Waals surface area contributed by atoms with E-state index in [-0.39, 0.29) is 6.54 Å². The third-order valence-corrected chi connectivity index (χ3v) is 3.82. The van der Waals surface area contributed by atoms with Crippen LogP contribution in [0.5, 0.6) is 5.75 Å². The molecule has 1 unspecified atom stereocenters. The predicted octanol–water partition coefficient (Wildman–Crippen LogP) is 2.42. The van der Waals surface area contributed by atoms with Gasteiger partial charge in [0.1, 0.15) is 12.3 Å². The maximum Gasteiger partial charge on any atom is 0.279 e. The maximum absolute atomic E-state index is 12.0. The zero-order valence-electron chi connectivity index (χ0n) is 14.0. The van der Waals surface area contributed by atoms with E-state index in [2.05, 4.69) is 16.0 Å². The molecule has 0 bridgehead atoms. The van der Waals surface area contributed by atoms with Crippen LogP contribution in [-0.2, 0) is 16.1 Å².